The lowest BCUT2D eigenvalue weighted by molar-refractivity contribution is -0.141. The summed E-state index contributed by atoms with van der Waals surface area (Å²) < 4.78 is 69.3. The van der Waals surface area contributed by atoms with E-state index < -0.39 is 39.1 Å². The second-order valence-electron chi connectivity index (χ2n) is 6.17. The number of rotatable bonds is 7. The van der Waals surface area contributed by atoms with Gasteiger partial charge in [-0.2, -0.15) is 18.3 Å². The van der Waals surface area contributed by atoms with E-state index in [0.717, 1.165) is 30.1 Å². The van der Waals surface area contributed by atoms with Crippen molar-refractivity contribution < 1.29 is 31.1 Å². The molecule has 1 N–H and O–H groups in total. The number of methoxy groups -OCH3 is 1. The van der Waals surface area contributed by atoms with Crippen molar-refractivity contribution >= 4 is 21.4 Å². The summed E-state index contributed by atoms with van der Waals surface area (Å²) >= 11 is 0. The van der Waals surface area contributed by atoms with Gasteiger partial charge in [-0.05, 0) is 26.0 Å². The van der Waals surface area contributed by atoms with E-state index in [9.17, 15) is 26.4 Å². The number of aromatic nitrogens is 3. The lowest BCUT2D eigenvalue weighted by Gasteiger charge is -2.17. The molecule has 0 bridgehead atoms. The SMILES string of the molecule is COCC(C)Nc1c(C(C)=O)c(C(F)(F)F)nn1-c1ccc(S(C)(=O)=O)nc1. The monoisotopic (exact) mass is 420 g/mol. The molecule has 2 heterocycles. The number of pyridine rings is 1. The van der Waals surface area contributed by atoms with E-state index in [0.29, 0.717) is 0 Å². The largest absolute Gasteiger partial charge is 0.435 e. The first-order valence-corrected chi connectivity index (χ1v) is 9.88. The molecular weight excluding hydrogens is 401 g/mol. The molecule has 0 radical (unpaired) electrons. The molecule has 2 aromatic rings. The van der Waals surface area contributed by atoms with Gasteiger partial charge in [0.05, 0.1) is 24.1 Å². The van der Waals surface area contributed by atoms with Gasteiger partial charge in [-0.1, -0.05) is 0 Å². The summed E-state index contributed by atoms with van der Waals surface area (Å²) in [7, 11) is -2.16. The van der Waals surface area contributed by atoms with E-state index in [4.69, 9.17) is 4.74 Å². The zero-order valence-corrected chi connectivity index (χ0v) is 16.3. The summed E-state index contributed by atoms with van der Waals surface area (Å²) in [6.45, 7) is 2.83. The predicted octanol–water partition coefficient (Wildman–Crippen LogP) is 2.34. The van der Waals surface area contributed by atoms with E-state index in [-0.39, 0.29) is 23.1 Å². The Balaban J connectivity index is 2.69. The third kappa shape index (κ3) is 4.68. The second-order valence-corrected chi connectivity index (χ2v) is 8.13. The normalized spacial score (nSPS) is 13.4. The van der Waals surface area contributed by atoms with Crippen LogP contribution < -0.4 is 5.32 Å². The molecule has 0 saturated carbocycles. The Labute approximate surface area is 159 Å². The number of ether oxygens (including phenoxy) is 1. The van der Waals surface area contributed by atoms with Crippen molar-refractivity contribution in [1.29, 1.82) is 0 Å². The molecule has 0 aliphatic rings. The molecule has 0 amide bonds. The van der Waals surface area contributed by atoms with Gasteiger partial charge < -0.3 is 10.1 Å². The lowest BCUT2D eigenvalue weighted by atomic mass is 10.1. The molecule has 0 fully saturated rings. The van der Waals surface area contributed by atoms with Crippen LogP contribution in [0, 0.1) is 0 Å². The van der Waals surface area contributed by atoms with Gasteiger partial charge in [0, 0.05) is 19.4 Å². The van der Waals surface area contributed by atoms with Gasteiger partial charge in [0.25, 0.3) is 0 Å². The molecule has 1 unspecified atom stereocenters. The molecule has 0 aliphatic heterocycles. The number of carbonyl (C=O) groups is 1. The molecule has 0 aromatic carbocycles. The van der Waals surface area contributed by atoms with Crippen LogP contribution in [0.2, 0.25) is 0 Å². The van der Waals surface area contributed by atoms with Crippen molar-refractivity contribution in [3.8, 4) is 5.69 Å². The Morgan fingerprint density at radius 2 is 2.00 bits per heavy atom. The van der Waals surface area contributed by atoms with Crippen LogP contribution in [0.1, 0.15) is 29.9 Å². The van der Waals surface area contributed by atoms with Crippen LogP contribution in [-0.2, 0) is 20.8 Å². The van der Waals surface area contributed by atoms with E-state index in [1.807, 2.05) is 0 Å². The molecule has 0 aliphatic carbocycles. The van der Waals surface area contributed by atoms with Crippen molar-refractivity contribution in [1.82, 2.24) is 14.8 Å². The Bertz CT molecular complexity index is 969. The summed E-state index contributed by atoms with van der Waals surface area (Å²) in [6.07, 6.45) is -2.84. The molecule has 12 heteroatoms. The number of hydrogen-bond acceptors (Lipinski definition) is 7. The van der Waals surface area contributed by atoms with Crippen LogP contribution in [0.3, 0.4) is 0 Å². The van der Waals surface area contributed by atoms with Crippen molar-refractivity contribution in [2.24, 2.45) is 0 Å². The van der Waals surface area contributed by atoms with Crippen LogP contribution in [0.15, 0.2) is 23.4 Å². The highest BCUT2D eigenvalue weighted by Gasteiger charge is 2.41. The number of sulfone groups is 1. The number of anilines is 1. The van der Waals surface area contributed by atoms with Crippen LogP contribution in [-0.4, -0.2) is 55.0 Å². The first-order valence-electron chi connectivity index (χ1n) is 7.99. The Hall–Kier alpha value is -2.47. The first kappa shape index (κ1) is 21.8. The highest BCUT2D eigenvalue weighted by atomic mass is 32.2. The van der Waals surface area contributed by atoms with E-state index in [1.54, 1.807) is 6.92 Å². The van der Waals surface area contributed by atoms with Gasteiger partial charge in [-0.3, -0.25) is 4.79 Å². The average molecular weight is 420 g/mol. The third-order valence-electron chi connectivity index (χ3n) is 3.65. The Kier molecular flexibility index (Phi) is 6.14. The molecule has 2 rings (SSSR count). The molecule has 0 saturated heterocycles. The highest BCUT2D eigenvalue weighted by molar-refractivity contribution is 7.90. The van der Waals surface area contributed by atoms with Crippen molar-refractivity contribution in [3.63, 3.8) is 0 Å². The van der Waals surface area contributed by atoms with Crippen LogP contribution in [0.25, 0.3) is 5.69 Å². The number of halogens is 3. The topological polar surface area (TPSA) is 103 Å². The average Bonchev–Trinajstić information content (AvgIpc) is 2.94. The predicted molar refractivity (Wildman–Crippen MR) is 94.4 cm³/mol. The van der Waals surface area contributed by atoms with Crippen LogP contribution >= 0.6 is 0 Å². The number of alkyl halides is 3. The molecule has 2 aromatic heterocycles. The highest BCUT2D eigenvalue weighted by Crippen LogP contribution is 2.36. The van der Waals surface area contributed by atoms with Crippen LogP contribution in [0.5, 0.6) is 0 Å². The van der Waals surface area contributed by atoms with Gasteiger partial charge in [-0.25, -0.2) is 18.1 Å². The third-order valence-corrected chi connectivity index (χ3v) is 4.65. The number of Topliss-reactive ketones (excluding diaryl/α,β-unsaturated/α-hetero) is 1. The van der Waals surface area contributed by atoms with Crippen LogP contribution in [0.4, 0.5) is 19.0 Å². The van der Waals surface area contributed by atoms with Crippen molar-refractivity contribution in [3.05, 3.63) is 29.6 Å². The van der Waals surface area contributed by atoms with Crippen molar-refractivity contribution in [2.45, 2.75) is 31.1 Å². The zero-order chi connectivity index (χ0) is 21.3. The standard InChI is InChI=1S/C16H19F3N4O4S/c1-9(8-27-3)21-15-13(10(2)24)14(16(17,18)19)22-23(15)11-5-6-12(20-7-11)28(4,25)26/h5-7,9,21H,8H2,1-4H3. The number of ketones is 1. The fourth-order valence-corrected chi connectivity index (χ4v) is 3.07. The lowest BCUT2D eigenvalue weighted by Crippen LogP contribution is -2.24. The maximum atomic E-state index is 13.4. The molecular formula is C16H19F3N4O4S. The minimum Gasteiger partial charge on any atom is -0.383 e. The fraction of sp³-hybridized carbons (Fsp3) is 0.438. The van der Waals surface area contributed by atoms with Gasteiger partial charge in [0.1, 0.15) is 5.82 Å². The zero-order valence-electron chi connectivity index (χ0n) is 15.5. The summed E-state index contributed by atoms with van der Waals surface area (Å²) in [6, 6.07) is 1.96. The molecule has 8 nitrogen and oxygen atoms in total. The van der Waals surface area contributed by atoms with Crippen molar-refractivity contribution in [2.75, 3.05) is 25.3 Å². The maximum Gasteiger partial charge on any atom is 0.435 e. The van der Waals surface area contributed by atoms with Gasteiger partial charge >= 0.3 is 6.18 Å². The number of nitrogens with zero attached hydrogens (tertiary/aromatic N) is 3. The summed E-state index contributed by atoms with van der Waals surface area (Å²) in [5, 5.41) is 6.12. The van der Waals surface area contributed by atoms with Gasteiger partial charge in [0.15, 0.2) is 26.3 Å². The van der Waals surface area contributed by atoms with Gasteiger partial charge in [0.2, 0.25) is 0 Å². The molecule has 1 atom stereocenters. The minimum atomic E-state index is -4.87. The number of carbonyl (C=O) groups excluding carboxylic acids is 1. The smallest absolute Gasteiger partial charge is 0.383 e. The number of hydrogen-bond donors (Lipinski definition) is 1. The summed E-state index contributed by atoms with van der Waals surface area (Å²) in [5.74, 6) is -1.01. The van der Waals surface area contributed by atoms with E-state index >= 15 is 0 Å². The molecule has 28 heavy (non-hydrogen) atoms. The summed E-state index contributed by atoms with van der Waals surface area (Å²) in [4.78, 5) is 15.7. The maximum absolute atomic E-state index is 13.4. The van der Waals surface area contributed by atoms with Gasteiger partial charge in [-0.15, -0.1) is 0 Å². The Morgan fingerprint density at radius 3 is 2.43 bits per heavy atom. The minimum absolute atomic E-state index is 0.0533. The fourth-order valence-electron chi connectivity index (χ4n) is 2.51. The molecule has 154 valence electrons. The number of nitrogens with one attached hydrogen (secondary N) is 1. The van der Waals surface area contributed by atoms with E-state index in [2.05, 4.69) is 15.4 Å². The second kappa shape index (κ2) is 7.87. The van der Waals surface area contributed by atoms with E-state index in [1.165, 1.54) is 13.2 Å². The Morgan fingerprint density at radius 1 is 1.36 bits per heavy atom. The summed E-state index contributed by atoms with van der Waals surface area (Å²) in [5.41, 5.74) is -1.92. The molecule has 0 spiro atoms. The quantitative estimate of drug-likeness (QED) is 0.686. The first-order chi connectivity index (χ1) is 12.9.